The zero-order valence-corrected chi connectivity index (χ0v) is 13.2. The van der Waals surface area contributed by atoms with Crippen LogP contribution in [0.4, 0.5) is 0 Å². The van der Waals surface area contributed by atoms with Gasteiger partial charge in [0.25, 0.3) is 0 Å². The van der Waals surface area contributed by atoms with Crippen molar-refractivity contribution in [2.45, 2.75) is 17.2 Å². The molecule has 104 valence electrons. The maximum Gasteiger partial charge on any atom is 0.311 e. The van der Waals surface area contributed by atoms with Gasteiger partial charge in [-0.05, 0) is 42.0 Å². The van der Waals surface area contributed by atoms with Crippen molar-refractivity contribution < 1.29 is 9.90 Å². The predicted molar refractivity (Wildman–Crippen MR) is 86.3 cm³/mol. The Morgan fingerprint density at radius 2 is 1.75 bits per heavy atom. The molecule has 0 amide bonds. The van der Waals surface area contributed by atoms with Gasteiger partial charge >= 0.3 is 5.97 Å². The highest BCUT2D eigenvalue weighted by molar-refractivity contribution is 9.10. The number of carboxylic acid groups (broad SMARTS) is 1. The van der Waals surface area contributed by atoms with Gasteiger partial charge in [0.2, 0.25) is 0 Å². The maximum absolute atomic E-state index is 11.4. The molecule has 0 fully saturated rings. The topological polar surface area (TPSA) is 37.3 Å². The highest BCUT2D eigenvalue weighted by Gasteiger charge is 2.19. The van der Waals surface area contributed by atoms with E-state index in [-0.39, 0.29) is 0 Å². The van der Waals surface area contributed by atoms with E-state index in [0.717, 1.165) is 15.8 Å². The molecule has 1 unspecified atom stereocenters. The third-order valence-corrected chi connectivity index (χ3v) is 4.56. The summed E-state index contributed by atoms with van der Waals surface area (Å²) in [7, 11) is 0. The number of halogens is 1. The Bertz CT molecular complexity index is 554. The van der Waals surface area contributed by atoms with Crippen LogP contribution in [0.1, 0.15) is 17.9 Å². The second-order valence-corrected chi connectivity index (χ2v) is 6.48. The van der Waals surface area contributed by atoms with E-state index >= 15 is 0 Å². The molecule has 0 radical (unpaired) electrons. The van der Waals surface area contributed by atoms with Gasteiger partial charge in [0, 0.05) is 9.37 Å². The van der Waals surface area contributed by atoms with Gasteiger partial charge in [0.1, 0.15) is 0 Å². The van der Waals surface area contributed by atoms with Crippen molar-refractivity contribution in [2.75, 3.05) is 5.75 Å². The third-order valence-electron chi connectivity index (χ3n) is 2.99. The van der Waals surface area contributed by atoms with Crippen LogP contribution < -0.4 is 0 Å². The molecule has 0 saturated heterocycles. The molecule has 0 spiro atoms. The van der Waals surface area contributed by atoms with E-state index in [2.05, 4.69) is 15.9 Å². The van der Waals surface area contributed by atoms with Crippen LogP contribution in [0.2, 0.25) is 0 Å². The van der Waals surface area contributed by atoms with Crippen molar-refractivity contribution in [3.8, 4) is 0 Å². The number of hydrogen-bond donors (Lipinski definition) is 1. The SMILES string of the molecule is O=C(O)C(CCSc1ccccc1)c1ccc(Br)cc1. The molecular weight excluding hydrogens is 336 g/mol. The first-order valence-electron chi connectivity index (χ1n) is 6.33. The predicted octanol–water partition coefficient (Wildman–Crippen LogP) is 4.80. The van der Waals surface area contributed by atoms with Crippen molar-refractivity contribution in [3.63, 3.8) is 0 Å². The average Bonchev–Trinajstić information content (AvgIpc) is 2.46. The molecule has 0 aromatic heterocycles. The second-order valence-electron chi connectivity index (χ2n) is 4.39. The van der Waals surface area contributed by atoms with Gasteiger partial charge in [0.05, 0.1) is 5.92 Å². The fourth-order valence-electron chi connectivity index (χ4n) is 1.94. The fourth-order valence-corrected chi connectivity index (χ4v) is 3.14. The van der Waals surface area contributed by atoms with E-state index < -0.39 is 11.9 Å². The van der Waals surface area contributed by atoms with Crippen LogP contribution in [-0.4, -0.2) is 16.8 Å². The quantitative estimate of drug-likeness (QED) is 0.760. The molecule has 4 heteroatoms. The highest BCUT2D eigenvalue weighted by Crippen LogP contribution is 2.26. The molecule has 2 aromatic carbocycles. The molecule has 2 rings (SSSR count). The van der Waals surface area contributed by atoms with Crippen LogP contribution in [0.3, 0.4) is 0 Å². The Hall–Kier alpha value is -1.26. The van der Waals surface area contributed by atoms with Gasteiger partial charge in [-0.25, -0.2) is 0 Å². The summed E-state index contributed by atoms with van der Waals surface area (Å²) in [6.07, 6.45) is 0.622. The van der Waals surface area contributed by atoms with Gasteiger partial charge in [-0.1, -0.05) is 46.3 Å². The third kappa shape index (κ3) is 4.39. The number of aliphatic carboxylic acids is 1. The molecule has 0 heterocycles. The standard InChI is InChI=1S/C16H15BrO2S/c17-13-8-6-12(7-9-13)15(16(18)19)10-11-20-14-4-2-1-3-5-14/h1-9,15H,10-11H2,(H,18,19). The molecule has 20 heavy (non-hydrogen) atoms. The summed E-state index contributed by atoms with van der Waals surface area (Å²) in [5.41, 5.74) is 0.856. The summed E-state index contributed by atoms with van der Waals surface area (Å²) in [6, 6.07) is 17.6. The van der Waals surface area contributed by atoms with Gasteiger partial charge in [-0.2, -0.15) is 0 Å². The van der Waals surface area contributed by atoms with Gasteiger partial charge in [-0.3, -0.25) is 4.79 Å². The lowest BCUT2D eigenvalue weighted by atomic mass is 9.97. The second kappa shape index (κ2) is 7.50. The Kier molecular flexibility index (Phi) is 5.68. The fraction of sp³-hybridized carbons (Fsp3) is 0.188. The molecule has 2 nitrogen and oxygen atoms in total. The first-order chi connectivity index (χ1) is 9.66. The smallest absolute Gasteiger partial charge is 0.311 e. The molecule has 0 aliphatic rings. The number of carbonyl (C=O) groups is 1. The van der Waals surface area contributed by atoms with Gasteiger partial charge < -0.3 is 5.11 Å². The van der Waals surface area contributed by atoms with Crippen molar-refractivity contribution in [1.82, 2.24) is 0 Å². The van der Waals surface area contributed by atoms with Crippen LogP contribution in [0.25, 0.3) is 0 Å². The highest BCUT2D eigenvalue weighted by atomic mass is 79.9. The number of hydrogen-bond acceptors (Lipinski definition) is 2. The molecule has 0 saturated carbocycles. The molecule has 1 atom stereocenters. The maximum atomic E-state index is 11.4. The first-order valence-corrected chi connectivity index (χ1v) is 8.11. The van der Waals surface area contributed by atoms with Crippen molar-refractivity contribution in [2.24, 2.45) is 0 Å². The van der Waals surface area contributed by atoms with E-state index in [1.807, 2.05) is 54.6 Å². The van der Waals surface area contributed by atoms with Crippen LogP contribution in [0.15, 0.2) is 64.0 Å². The van der Waals surface area contributed by atoms with Gasteiger partial charge in [-0.15, -0.1) is 11.8 Å². The van der Waals surface area contributed by atoms with Crippen LogP contribution in [-0.2, 0) is 4.79 Å². The van der Waals surface area contributed by atoms with Crippen LogP contribution in [0.5, 0.6) is 0 Å². The lowest BCUT2D eigenvalue weighted by Gasteiger charge is -2.12. The van der Waals surface area contributed by atoms with E-state index in [1.54, 1.807) is 11.8 Å². The Balaban J connectivity index is 1.96. The summed E-state index contributed by atoms with van der Waals surface area (Å²) < 4.78 is 0.962. The van der Waals surface area contributed by atoms with Crippen LogP contribution >= 0.6 is 27.7 Å². The van der Waals surface area contributed by atoms with Crippen molar-refractivity contribution >= 4 is 33.7 Å². The largest absolute Gasteiger partial charge is 0.481 e. The Morgan fingerprint density at radius 1 is 1.10 bits per heavy atom. The zero-order chi connectivity index (χ0) is 14.4. The zero-order valence-electron chi connectivity index (χ0n) is 10.8. The molecule has 0 aliphatic heterocycles. The van der Waals surface area contributed by atoms with E-state index in [9.17, 15) is 9.90 Å². The normalized spacial score (nSPS) is 12.1. The Labute approximate surface area is 131 Å². The monoisotopic (exact) mass is 350 g/mol. The molecule has 1 N–H and O–H groups in total. The minimum atomic E-state index is -0.763. The minimum Gasteiger partial charge on any atom is -0.481 e. The minimum absolute atomic E-state index is 0.445. The summed E-state index contributed by atoms with van der Waals surface area (Å²) in [5.74, 6) is -0.419. The van der Waals surface area contributed by atoms with Crippen molar-refractivity contribution in [1.29, 1.82) is 0 Å². The number of rotatable bonds is 6. The van der Waals surface area contributed by atoms with Crippen LogP contribution in [0, 0.1) is 0 Å². The number of carboxylic acids is 1. The summed E-state index contributed by atoms with van der Waals surface area (Å²) in [6.45, 7) is 0. The summed E-state index contributed by atoms with van der Waals surface area (Å²) in [5, 5.41) is 9.37. The lowest BCUT2D eigenvalue weighted by Crippen LogP contribution is -2.12. The number of benzene rings is 2. The lowest BCUT2D eigenvalue weighted by molar-refractivity contribution is -0.138. The molecule has 0 aliphatic carbocycles. The average molecular weight is 351 g/mol. The van der Waals surface area contributed by atoms with E-state index in [0.29, 0.717) is 6.42 Å². The summed E-state index contributed by atoms with van der Waals surface area (Å²) in [4.78, 5) is 12.6. The number of thioether (sulfide) groups is 1. The van der Waals surface area contributed by atoms with Gasteiger partial charge in [0.15, 0.2) is 0 Å². The first kappa shape index (κ1) is 15.1. The molecule has 0 bridgehead atoms. The van der Waals surface area contributed by atoms with E-state index in [1.165, 1.54) is 4.90 Å². The summed E-state index contributed by atoms with van der Waals surface area (Å²) >= 11 is 5.05. The van der Waals surface area contributed by atoms with E-state index in [4.69, 9.17) is 0 Å². The van der Waals surface area contributed by atoms with Crippen molar-refractivity contribution in [3.05, 3.63) is 64.6 Å². The molecular formula is C16H15BrO2S. The molecule has 2 aromatic rings. The Morgan fingerprint density at radius 3 is 2.35 bits per heavy atom.